The van der Waals surface area contributed by atoms with Crippen LogP contribution in [0.5, 0.6) is 23.0 Å². The first kappa shape index (κ1) is 52.1. The fourth-order valence-corrected chi connectivity index (χ4v) is 8.75. The van der Waals surface area contributed by atoms with Gasteiger partial charge in [-0.1, -0.05) is 145 Å². The lowest BCUT2D eigenvalue weighted by Gasteiger charge is -2.32. The summed E-state index contributed by atoms with van der Waals surface area (Å²) >= 11 is 0. The van der Waals surface area contributed by atoms with E-state index in [2.05, 4.69) is 145 Å². The highest BCUT2D eigenvalue weighted by Gasteiger charge is 2.33. The van der Waals surface area contributed by atoms with Crippen LogP contribution in [0.3, 0.4) is 0 Å². The monoisotopic (exact) mass is 855 g/mol. The molecule has 5 rings (SSSR count). The van der Waals surface area contributed by atoms with Crippen LogP contribution in [0.4, 0.5) is 0 Å². The second-order valence-corrected chi connectivity index (χ2v) is 20.9. The van der Waals surface area contributed by atoms with Gasteiger partial charge in [-0.25, -0.2) is 0 Å². The molecule has 0 heterocycles. The zero-order valence-corrected chi connectivity index (χ0v) is 42.4. The standard InChI is InChI=1S/C53H72O4.2C2H3N/c1-19-21-41-44-30-38(52(9,10)11)26-34(48(44)56-17)22-32-24-36(50(3,4)5)28-42(46(32)54-15)40(20-2)43-29-37(51(6,7)8)25-33(47(43)55-16)23-35-27-39(53(12,13)14)31-45(41)49(35)57-18;2*1-2-3/h19,24-31,40-41H,1,20-23H2,2-18H3;2*1H3. The molecule has 0 fully saturated rings. The molecule has 0 saturated heterocycles. The van der Waals surface area contributed by atoms with Gasteiger partial charge in [0.05, 0.1) is 40.6 Å². The number of hydrogen-bond donors (Lipinski definition) is 0. The lowest BCUT2D eigenvalue weighted by molar-refractivity contribution is 0.388. The Kier molecular flexibility index (Phi) is 17.4. The van der Waals surface area contributed by atoms with Crippen molar-refractivity contribution in [2.45, 2.75) is 163 Å². The Hall–Kier alpha value is -5.20. The molecular formula is C57H78N2O4. The summed E-state index contributed by atoms with van der Waals surface area (Å²) in [4.78, 5) is 0. The third-order valence-electron chi connectivity index (χ3n) is 12.1. The molecule has 0 aromatic heterocycles. The van der Waals surface area contributed by atoms with E-state index in [1.807, 2.05) is 34.5 Å². The Balaban J connectivity index is 0.00000166. The zero-order chi connectivity index (χ0) is 47.8. The molecule has 6 heteroatoms. The van der Waals surface area contributed by atoms with E-state index in [1.165, 1.54) is 47.2 Å². The molecule has 8 bridgehead atoms. The largest absolute Gasteiger partial charge is 0.496 e. The van der Waals surface area contributed by atoms with Gasteiger partial charge in [0.2, 0.25) is 0 Å². The summed E-state index contributed by atoms with van der Waals surface area (Å²) in [6.07, 6.45) is 4.92. The van der Waals surface area contributed by atoms with Gasteiger partial charge in [0.1, 0.15) is 23.0 Å². The van der Waals surface area contributed by atoms with Gasteiger partial charge >= 0.3 is 0 Å². The molecule has 0 spiro atoms. The maximum absolute atomic E-state index is 7.32. The molecule has 0 unspecified atom stereocenters. The Morgan fingerprint density at radius 1 is 0.492 bits per heavy atom. The van der Waals surface area contributed by atoms with E-state index < -0.39 is 0 Å². The number of fused-ring (bicyclic) bond motifs is 8. The molecular weight excluding hydrogens is 777 g/mol. The van der Waals surface area contributed by atoms with Gasteiger partial charge in [0.15, 0.2) is 0 Å². The van der Waals surface area contributed by atoms with Gasteiger partial charge in [-0.2, -0.15) is 10.5 Å². The maximum Gasteiger partial charge on any atom is 0.126 e. The minimum absolute atomic E-state index is 0.0126. The van der Waals surface area contributed by atoms with Crippen LogP contribution < -0.4 is 18.9 Å². The molecule has 63 heavy (non-hydrogen) atoms. The average Bonchev–Trinajstić information content (AvgIpc) is 3.18. The van der Waals surface area contributed by atoms with Crippen molar-refractivity contribution in [2.24, 2.45) is 0 Å². The SMILES string of the molecule is C=CCC1c2cc(C(C)(C)C)cc(c2OC)Cc2cc(C(C)(C)C)cc(c2OC)C(CC)c2cc(C(C)(C)C)cc(c2OC)Cc2cc(C(C)(C)C)cc1c2OC.CC#N.CC#N. The van der Waals surface area contributed by atoms with Gasteiger partial charge in [-0.05, 0) is 79.0 Å². The normalized spacial score (nSPS) is 14.9. The topological polar surface area (TPSA) is 84.5 Å². The minimum atomic E-state index is -0.113. The van der Waals surface area contributed by atoms with Crippen LogP contribution in [0.1, 0.15) is 195 Å². The summed E-state index contributed by atoms with van der Waals surface area (Å²) < 4.78 is 26.3. The summed E-state index contributed by atoms with van der Waals surface area (Å²) in [5.41, 5.74) is 13.9. The minimum Gasteiger partial charge on any atom is -0.496 e. The predicted molar refractivity (Wildman–Crippen MR) is 264 cm³/mol. The molecule has 0 saturated carbocycles. The molecule has 4 aromatic rings. The molecule has 0 amide bonds. The molecule has 0 atom stereocenters. The van der Waals surface area contributed by atoms with Gasteiger partial charge in [0, 0.05) is 60.8 Å². The van der Waals surface area contributed by atoms with E-state index in [-0.39, 0.29) is 33.5 Å². The Bertz CT molecular complexity index is 2150. The summed E-state index contributed by atoms with van der Waals surface area (Å²) in [6.45, 7) is 37.1. The molecule has 6 nitrogen and oxygen atoms in total. The van der Waals surface area contributed by atoms with Crippen LogP contribution in [0.2, 0.25) is 0 Å². The molecule has 0 N–H and O–H groups in total. The van der Waals surface area contributed by atoms with Crippen molar-refractivity contribution in [3.05, 3.63) is 128 Å². The first-order chi connectivity index (χ1) is 29.3. The number of nitriles is 2. The molecule has 4 aromatic carbocycles. The van der Waals surface area contributed by atoms with Crippen molar-refractivity contribution >= 4 is 0 Å². The number of nitrogens with zero attached hydrogens (tertiary/aromatic N) is 2. The predicted octanol–water partition coefficient (Wildman–Crippen LogP) is 14.7. The van der Waals surface area contributed by atoms with E-state index in [1.54, 1.807) is 12.1 Å². The van der Waals surface area contributed by atoms with Crippen molar-refractivity contribution in [1.29, 1.82) is 10.5 Å². The van der Waals surface area contributed by atoms with E-state index in [0.717, 1.165) is 62.8 Å². The highest BCUT2D eigenvalue weighted by atomic mass is 16.5. The number of benzene rings is 4. The fourth-order valence-electron chi connectivity index (χ4n) is 8.75. The van der Waals surface area contributed by atoms with Gasteiger partial charge in [0.25, 0.3) is 0 Å². The van der Waals surface area contributed by atoms with Crippen LogP contribution in [-0.2, 0) is 34.5 Å². The van der Waals surface area contributed by atoms with Crippen molar-refractivity contribution < 1.29 is 18.9 Å². The van der Waals surface area contributed by atoms with Crippen LogP contribution in [0.15, 0.2) is 61.2 Å². The third-order valence-corrected chi connectivity index (χ3v) is 12.1. The highest BCUT2D eigenvalue weighted by Crippen LogP contribution is 2.50. The lowest BCUT2D eigenvalue weighted by Crippen LogP contribution is -2.19. The molecule has 340 valence electrons. The Morgan fingerprint density at radius 3 is 0.889 bits per heavy atom. The van der Waals surface area contributed by atoms with Crippen LogP contribution in [0.25, 0.3) is 0 Å². The number of methoxy groups -OCH3 is 4. The number of rotatable bonds is 7. The smallest absolute Gasteiger partial charge is 0.126 e. The molecule has 0 radical (unpaired) electrons. The highest BCUT2D eigenvalue weighted by molar-refractivity contribution is 5.62. The van der Waals surface area contributed by atoms with Crippen molar-refractivity contribution in [3.8, 4) is 35.1 Å². The van der Waals surface area contributed by atoms with Gasteiger partial charge in [-0.3, -0.25) is 0 Å². The molecule has 1 aliphatic rings. The quantitative estimate of drug-likeness (QED) is 0.172. The van der Waals surface area contributed by atoms with Gasteiger partial charge in [-0.15, -0.1) is 6.58 Å². The average molecular weight is 855 g/mol. The van der Waals surface area contributed by atoms with Gasteiger partial charge < -0.3 is 18.9 Å². The summed E-state index contributed by atoms with van der Waals surface area (Å²) in [5.74, 6) is 3.61. The third kappa shape index (κ3) is 11.9. The second-order valence-electron chi connectivity index (χ2n) is 20.9. The van der Waals surface area contributed by atoms with E-state index >= 15 is 0 Å². The van der Waals surface area contributed by atoms with Crippen LogP contribution in [-0.4, -0.2) is 28.4 Å². The second kappa shape index (κ2) is 21.0. The van der Waals surface area contributed by atoms with Crippen molar-refractivity contribution in [1.82, 2.24) is 0 Å². The van der Waals surface area contributed by atoms with Crippen molar-refractivity contribution in [3.63, 3.8) is 0 Å². The lowest BCUT2D eigenvalue weighted by atomic mass is 9.75. The first-order valence-corrected chi connectivity index (χ1v) is 22.4. The van der Waals surface area contributed by atoms with Crippen LogP contribution in [0, 0.1) is 22.7 Å². The Morgan fingerprint density at radius 2 is 0.714 bits per heavy atom. The molecule has 0 aliphatic heterocycles. The number of hydrogen-bond acceptors (Lipinski definition) is 6. The summed E-state index contributed by atoms with van der Waals surface area (Å²) in [7, 11) is 7.31. The van der Waals surface area contributed by atoms with E-state index in [4.69, 9.17) is 29.5 Å². The molecule has 1 aliphatic carbocycles. The number of allylic oxidation sites excluding steroid dienone is 1. The zero-order valence-electron chi connectivity index (χ0n) is 42.4. The Labute approximate surface area is 382 Å². The van der Waals surface area contributed by atoms with Crippen LogP contribution >= 0.6 is 0 Å². The first-order valence-electron chi connectivity index (χ1n) is 22.4. The number of ether oxygens (including phenoxy) is 4. The fraction of sp³-hybridized carbons (Fsp3) is 0.509. The summed E-state index contributed by atoms with van der Waals surface area (Å²) in [5, 5.41) is 14.6. The maximum atomic E-state index is 7.32. The van der Waals surface area contributed by atoms with E-state index in [9.17, 15) is 0 Å². The van der Waals surface area contributed by atoms with E-state index in [0.29, 0.717) is 19.3 Å². The summed E-state index contributed by atoms with van der Waals surface area (Å²) in [6, 6.07) is 22.5. The van der Waals surface area contributed by atoms with Crippen molar-refractivity contribution in [2.75, 3.05) is 28.4 Å².